The molecule has 1 saturated heterocycles. The first-order valence-electron chi connectivity index (χ1n) is 7.96. The summed E-state index contributed by atoms with van der Waals surface area (Å²) in [5.41, 5.74) is 3.20. The van der Waals surface area contributed by atoms with E-state index in [9.17, 15) is 9.18 Å². The van der Waals surface area contributed by atoms with E-state index < -0.39 is 0 Å². The fraction of sp³-hybridized carbons (Fsp3) is 0.211. The maximum Gasteiger partial charge on any atom is 0.253 e. The molecule has 1 amide bonds. The average Bonchev–Trinajstić information content (AvgIpc) is 3.11. The van der Waals surface area contributed by atoms with Crippen LogP contribution in [0.3, 0.4) is 0 Å². The Balaban J connectivity index is 1.53. The number of amides is 1. The molecule has 1 atom stereocenters. The Morgan fingerprint density at radius 1 is 1.04 bits per heavy atom. The van der Waals surface area contributed by atoms with E-state index in [0.717, 1.165) is 23.0 Å². The van der Waals surface area contributed by atoms with Crippen molar-refractivity contribution in [2.45, 2.75) is 12.3 Å². The summed E-state index contributed by atoms with van der Waals surface area (Å²) in [6.45, 7) is 1.36. The van der Waals surface area contributed by atoms with Crippen molar-refractivity contribution in [3.63, 3.8) is 0 Å². The van der Waals surface area contributed by atoms with Gasteiger partial charge in [0.25, 0.3) is 5.91 Å². The van der Waals surface area contributed by atoms with Gasteiger partial charge in [0.15, 0.2) is 0 Å². The third kappa shape index (κ3) is 2.73. The molecular weight excluding hydrogens is 305 g/mol. The number of fused-ring (bicyclic) bond motifs is 1. The van der Waals surface area contributed by atoms with Crippen molar-refractivity contribution >= 4 is 16.9 Å². The molecule has 0 unspecified atom stereocenters. The number of halogens is 1. The fourth-order valence-electron chi connectivity index (χ4n) is 3.23. The Hall–Kier alpha value is -2.82. The summed E-state index contributed by atoms with van der Waals surface area (Å²) in [4.78, 5) is 23.1. The van der Waals surface area contributed by atoms with Gasteiger partial charge < -0.3 is 4.90 Å². The quantitative estimate of drug-likeness (QED) is 0.727. The van der Waals surface area contributed by atoms with E-state index in [0.29, 0.717) is 18.7 Å². The van der Waals surface area contributed by atoms with Crippen LogP contribution in [0, 0.1) is 5.82 Å². The summed E-state index contributed by atoms with van der Waals surface area (Å²) in [5, 5.41) is 0. The van der Waals surface area contributed by atoms with Crippen molar-refractivity contribution in [3.05, 3.63) is 71.8 Å². The maximum atomic E-state index is 13.1. The summed E-state index contributed by atoms with van der Waals surface area (Å²) >= 11 is 0. The molecule has 4 nitrogen and oxygen atoms in total. The Morgan fingerprint density at radius 2 is 1.79 bits per heavy atom. The van der Waals surface area contributed by atoms with Crippen LogP contribution in [0.2, 0.25) is 0 Å². The van der Waals surface area contributed by atoms with Gasteiger partial charge in [-0.05, 0) is 42.3 Å². The van der Waals surface area contributed by atoms with Gasteiger partial charge >= 0.3 is 0 Å². The lowest BCUT2D eigenvalue weighted by Crippen LogP contribution is -2.28. The Bertz CT molecular complexity index is 895. The minimum atomic E-state index is -0.234. The van der Waals surface area contributed by atoms with E-state index >= 15 is 0 Å². The molecule has 1 fully saturated rings. The molecule has 0 aliphatic carbocycles. The number of carbonyl (C=O) groups excluding carboxylic acids is 1. The molecule has 1 aliphatic heterocycles. The van der Waals surface area contributed by atoms with Crippen molar-refractivity contribution in [1.29, 1.82) is 0 Å². The molecule has 120 valence electrons. The van der Waals surface area contributed by atoms with Crippen LogP contribution in [0.5, 0.6) is 0 Å². The number of aromatic nitrogens is 2. The van der Waals surface area contributed by atoms with Crippen LogP contribution < -0.4 is 0 Å². The van der Waals surface area contributed by atoms with Crippen molar-refractivity contribution < 1.29 is 9.18 Å². The molecule has 2 aromatic carbocycles. The van der Waals surface area contributed by atoms with E-state index in [-0.39, 0.29) is 17.6 Å². The highest BCUT2D eigenvalue weighted by Crippen LogP contribution is 2.28. The average molecular weight is 321 g/mol. The second-order valence-corrected chi connectivity index (χ2v) is 6.05. The largest absolute Gasteiger partial charge is 0.338 e. The molecule has 3 aromatic rings. The van der Waals surface area contributed by atoms with Crippen LogP contribution in [0.15, 0.2) is 54.9 Å². The van der Waals surface area contributed by atoms with Gasteiger partial charge in [0, 0.05) is 37.0 Å². The molecule has 0 N–H and O–H groups in total. The predicted molar refractivity (Wildman–Crippen MR) is 89.2 cm³/mol. The third-order valence-corrected chi connectivity index (χ3v) is 4.53. The van der Waals surface area contributed by atoms with E-state index in [1.54, 1.807) is 36.7 Å². The summed E-state index contributed by atoms with van der Waals surface area (Å²) in [7, 11) is 0. The molecule has 4 rings (SSSR count). The van der Waals surface area contributed by atoms with Crippen LogP contribution in [-0.2, 0) is 0 Å². The zero-order chi connectivity index (χ0) is 16.5. The van der Waals surface area contributed by atoms with Gasteiger partial charge in [0.05, 0.1) is 11.0 Å². The first-order chi connectivity index (χ1) is 11.7. The first kappa shape index (κ1) is 14.8. The standard InChI is InChI=1S/C19H16FN3O/c20-16-4-1-13(2-5-16)15-7-10-23(12-15)19(24)14-3-6-17-18(11-14)22-9-8-21-17/h1-6,8-9,11,15H,7,10,12H2/t15-/m1/s1. The molecule has 5 heteroatoms. The van der Waals surface area contributed by atoms with Gasteiger partial charge in [-0.1, -0.05) is 12.1 Å². The van der Waals surface area contributed by atoms with Crippen molar-refractivity contribution in [3.8, 4) is 0 Å². The Morgan fingerprint density at radius 3 is 2.58 bits per heavy atom. The number of nitrogens with zero attached hydrogens (tertiary/aromatic N) is 3. The van der Waals surface area contributed by atoms with E-state index in [1.165, 1.54) is 12.1 Å². The zero-order valence-electron chi connectivity index (χ0n) is 13.0. The highest BCUT2D eigenvalue weighted by molar-refractivity contribution is 5.97. The minimum absolute atomic E-state index is 0.00663. The van der Waals surface area contributed by atoms with Crippen LogP contribution in [0.4, 0.5) is 4.39 Å². The van der Waals surface area contributed by atoms with Gasteiger partial charge in [0.2, 0.25) is 0 Å². The van der Waals surface area contributed by atoms with E-state index in [1.807, 2.05) is 11.0 Å². The smallest absolute Gasteiger partial charge is 0.253 e. The van der Waals surface area contributed by atoms with Gasteiger partial charge in [-0.25, -0.2) is 4.39 Å². The minimum Gasteiger partial charge on any atom is -0.338 e. The summed E-state index contributed by atoms with van der Waals surface area (Å²) < 4.78 is 13.1. The number of rotatable bonds is 2. The highest BCUT2D eigenvalue weighted by atomic mass is 19.1. The topological polar surface area (TPSA) is 46.1 Å². The monoisotopic (exact) mass is 321 g/mol. The summed E-state index contributed by atoms with van der Waals surface area (Å²) in [5.74, 6) is 0.0314. The normalized spacial score (nSPS) is 17.4. The molecule has 1 aromatic heterocycles. The van der Waals surface area contributed by atoms with Gasteiger partial charge in [-0.3, -0.25) is 14.8 Å². The first-order valence-corrected chi connectivity index (χ1v) is 7.96. The zero-order valence-corrected chi connectivity index (χ0v) is 13.0. The van der Waals surface area contributed by atoms with Crippen molar-refractivity contribution in [2.24, 2.45) is 0 Å². The lowest BCUT2D eigenvalue weighted by atomic mass is 9.98. The molecule has 0 spiro atoms. The van der Waals surface area contributed by atoms with Crippen LogP contribution in [-0.4, -0.2) is 33.9 Å². The fourth-order valence-corrected chi connectivity index (χ4v) is 3.23. The molecule has 1 aliphatic rings. The van der Waals surface area contributed by atoms with Crippen LogP contribution in [0.25, 0.3) is 11.0 Å². The van der Waals surface area contributed by atoms with Crippen LogP contribution >= 0.6 is 0 Å². The third-order valence-electron chi connectivity index (χ3n) is 4.53. The highest BCUT2D eigenvalue weighted by Gasteiger charge is 2.28. The SMILES string of the molecule is O=C(c1ccc2nccnc2c1)N1CC[C@@H](c2ccc(F)cc2)C1. The number of hydrogen-bond donors (Lipinski definition) is 0. The lowest BCUT2D eigenvalue weighted by Gasteiger charge is -2.17. The number of likely N-dealkylation sites (tertiary alicyclic amines) is 1. The van der Waals surface area contributed by atoms with Crippen LogP contribution in [0.1, 0.15) is 28.3 Å². The summed E-state index contributed by atoms with van der Waals surface area (Å²) in [6, 6.07) is 12.0. The number of carbonyl (C=O) groups is 1. The molecule has 0 bridgehead atoms. The van der Waals surface area contributed by atoms with E-state index in [4.69, 9.17) is 0 Å². The van der Waals surface area contributed by atoms with Crippen molar-refractivity contribution in [2.75, 3.05) is 13.1 Å². The number of benzene rings is 2. The predicted octanol–water partition coefficient (Wildman–Crippen LogP) is 3.40. The van der Waals surface area contributed by atoms with Gasteiger partial charge in [-0.2, -0.15) is 0 Å². The van der Waals surface area contributed by atoms with Gasteiger partial charge in [-0.15, -0.1) is 0 Å². The number of hydrogen-bond acceptors (Lipinski definition) is 3. The molecule has 0 saturated carbocycles. The molecule has 2 heterocycles. The van der Waals surface area contributed by atoms with Crippen molar-refractivity contribution in [1.82, 2.24) is 14.9 Å². The second-order valence-electron chi connectivity index (χ2n) is 6.05. The second kappa shape index (κ2) is 6.00. The van der Waals surface area contributed by atoms with E-state index in [2.05, 4.69) is 9.97 Å². The van der Waals surface area contributed by atoms with Gasteiger partial charge in [0.1, 0.15) is 5.82 Å². The maximum absolute atomic E-state index is 13.1. The Kier molecular flexibility index (Phi) is 3.69. The molecular formula is C19H16FN3O. The molecule has 24 heavy (non-hydrogen) atoms. The summed E-state index contributed by atoms with van der Waals surface area (Å²) in [6.07, 6.45) is 4.15. The molecule has 0 radical (unpaired) electrons. The lowest BCUT2D eigenvalue weighted by molar-refractivity contribution is 0.0791. The Labute approximate surface area is 139 Å².